The fourth-order valence-electron chi connectivity index (χ4n) is 2.25. The standard InChI is InChI=1S/C10H20N2O3S/c13-16(14,8-9-3-1-5-11-9)12-7-10-4-2-6-15-10/h9-12H,1-8H2. The summed E-state index contributed by atoms with van der Waals surface area (Å²) in [6, 6.07) is 0.127. The van der Waals surface area contributed by atoms with Gasteiger partial charge in [-0.1, -0.05) is 0 Å². The first-order valence-electron chi connectivity index (χ1n) is 5.98. The van der Waals surface area contributed by atoms with Crippen molar-refractivity contribution in [3.63, 3.8) is 0 Å². The minimum Gasteiger partial charge on any atom is -0.377 e. The summed E-state index contributed by atoms with van der Waals surface area (Å²) in [6.45, 7) is 2.12. The van der Waals surface area contributed by atoms with Crippen LogP contribution in [0.25, 0.3) is 0 Å². The average Bonchev–Trinajstić information content (AvgIpc) is 2.85. The number of hydrogen-bond acceptors (Lipinski definition) is 4. The molecular weight excluding hydrogens is 228 g/mol. The lowest BCUT2D eigenvalue weighted by atomic mass is 10.2. The summed E-state index contributed by atoms with van der Waals surface area (Å²) in [6.07, 6.45) is 4.11. The monoisotopic (exact) mass is 248 g/mol. The fourth-order valence-corrected chi connectivity index (χ4v) is 3.62. The van der Waals surface area contributed by atoms with Crippen molar-refractivity contribution < 1.29 is 13.2 Å². The molecule has 0 bridgehead atoms. The van der Waals surface area contributed by atoms with Gasteiger partial charge in [0.15, 0.2) is 0 Å². The summed E-state index contributed by atoms with van der Waals surface area (Å²) in [4.78, 5) is 0. The maximum absolute atomic E-state index is 11.7. The minimum absolute atomic E-state index is 0.0753. The largest absolute Gasteiger partial charge is 0.377 e. The molecule has 0 radical (unpaired) electrons. The average molecular weight is 248 g/mol. The van der Waals surface area contributed by atoms with Gasteiger partial charge in [-0.05, 0) is 32.2 Å². The molecule has 2 unspecified atom stereocenters. The number of sulfonamides is 1. The molecule has 0 aliphatic carbocycles. The van der Waals surface area contributed by atoms with E-state index in [1.54, 1.807) is 0 Å². The second-order valence-electron chi connectivity index (χ2n) is 4.56. The van der Waals surface area contributed by atoms with Gasteiger partial charge in [0.2, 0.25) is 10.0 Å². The predicted octanol–water partition coefficient (Wildman–Crippen LogP) is -0.163. The molecule has 0 saturated carbocycles. The molecule has 2 saturated heterocycles. The van der Waals surface area contributed by atoms with E-state index in [9.17, 15) is 8.42 Å². The lowest BCUT2D eigenvalue weighted by molar-refractivity contribution is 0.114. The van der Waals surface area contributed by atoms with E-state index >= 15 is 0 Å². The molecule has 2 heterocycles. The van der Waals surface area contributed by atoms with Gasteiger partial charge in [0, 0.05) is 19.2 Å². The summed E-state index contributed by atoms with van der Waals surface area (Å²) in [5.41, 5.74) is 0. The highest BCUT2D eigenvalue weighted by Gasteiger charge is 2.23. The quantitative estimate of drug-likeness (QED) is 0.709. The highest BCUT2D eigenvalue weighted by molar-refractivity contribution is 7.89. The van der Waals surface area contributed by atoms with Gasteiger partial charge in [-0.25, -0.2) is 13.1 Å². The Bertz CT molecular complexity index is 306. The Morgan fingerprint density at radius 2 is 2.19 bits per heavy atom. The molecule has 5 nitrogen and oxygen atoms in total. The van der Waals surface area contributed by atoms with E-state index in [0.717, 1.165) is 38.8 Å². The Morgan fingerprint density at radius 3 is 2.81 bits per heavy atom. The molecule has 94 valence electrons. The number of rotatable bonds is 5. The van der Waals surface area contributed by atoms with Gasteiger partial charge in [-0.3, -0.25) is 0 Å². The van der Waals surface area contributed by atoms with Crippen LogP contribution in [0.3, 0.4) is 0 Å². The van der Waals surface area contributed by atoms with E-state index in [0.29, 0.717) is 6.54 Å². The lowest BCUT2D eigenvalue weighted by Crippen LogP contribution is -2.39. The van der Waals surface area contributed by atoms with Crippen LogP contribution in [-0.2, 0) is 14.8 Å². The Morgan fingerprint density at radius 1 is 1.31 bits per heavy atom. The third-order valence-corrected chi connectivity index (χ3v) is 4.59. The van der Waals surface area contributed by atoms with Crippen LogP contribution in [0, 0.1) is 0 Å². The number of nitrogens with one attached hydrogen (secondary N) is 2. The highest BCUT2D eigenvalue weighted by atomic mass is 32.2. The van der Waals surface area contributed by atoms with Gasteiger partial charge in [-0.2, -0.15) is 0 Å². The molecule has 0 aromatic heterocycles. The normalized spacial score (nSPS) is 31.0. The van der Waals surface area contributed by atoms with Crippen molar-refractivity contribution in [3.05, 3.63) is 0 Å². The molecule has 2 rings (SSSR count). The van der Waals surface area contributed by atoms with Gasteiger partial charge in [0.25, 0.3) is 0 Å². The summed E-state index contributed by atoms with van der Waals surface area (Å²) < 4.78 is 31.5. The first kappa shape index (κ1) is 12.3. The molecule has 16 heavy (non-hydrogen) atoms. The van der Waals surface area contributed by atoms with E-state index in [1.807, 2.05) is 0 Å². The van der Waals surface area contributed by atoms with Crippen LogP contribution in [0.2, 0.25) is 0 Å². The van der Waals surface area contributed by atoms with E-state index in [2.05, 4.69) is 10.0 Å². The fraction of sp³-hybridized carbons (Fsp3) is 1.00. The molecule has 0 amide bonds. The van der Waals surface area contributed by atoms with Crippen LogP contribution in [0.1, 0.15) is 25.7 Å². The maximum Gasteiger partial charge on any atom is 0.213 e. The molecular formula is C10H20N2O3S. The maximum atomic E-state index is 11.7. The Hall–Kier alpha value is -0.170. The second-order valence-corrected chi connectivity index (χ2v) is 6.41. The molecule has 2 atom stereocenters. The zero-order chi connectivity index (χ0) is 11.4. The van der Waals surface area contributed by atoms with Gasteiger partial charge in [0.1, 0.15) is 0 Å². The minimum atomic E-state index is -3.14. The molecule has 2 aliphatic heterocycles. The van der Waals surface area contributed by atoms with Crippen LogP contribution < -0.4 is 10.0 Å². The Labute approximate surface area is 97.0 Å². The molecule has 0 aromatic carbocycles. The Balaban J connectivity index is 1.73. The number of ether oxygens (including phenoxy) is 1. The molecule has 2 N–H and O–H groups in total. The smallest absolute Gasteiger partial charge is 0.213 e. The van der Waals surface area contributed by atoms with Crippen molar-refractivity contribution in [2.24, 2.45) is 0 Å². The van der Waals surface area contributed by atoms with Crippen molar-refractivity contribution in [2.45, 2.75) is 37.8 Å². The molecule has 2 fully saturated rings. The molecule has 2 aliphatic rings. The van der Waals surface area contributed by atoms with Crippen LogP contribution in [0.4, 0.5) is 0 Å². The van der Waals surface area contributed by atoms with Crippen molar-refractivity contribution in [3.8, 4) is 0 Å². The van der Waals surface area contributed by atoms with Crippen LogP contribution in [0.15, 0.2) is 0 Å². The van der Waals surface area contributed by atoms with Gasteiger partial charge in [0.05, 0.1) is 11.9 Å². The molecule has 0 aromatic rings. The van der Waals surface area contributed by atoms with Crippen molar-refractivity contribution in [1.82, 2.24) is 10.0 Å². The third-order valence-electron chi connectivity index (χ3n) is 3.14. The van der Waals surface area contributed by atoms with Crippen LogP contribution in [-0.4, -0.2) is 46.0 Å². The predicted molar refractivity (Wildman–Crippen MR) is 61.8 cm³/mol. The highest BCUT2D eigenvalue weighted by Crippen LogP contribution is 2.11. The van der Waals surface area contributed by atoms with E-state index in [-0.39, 0.29) is 17.9 Å². The second kappa shape index (κ2) is 5.44. The van der Waals surface area contributed by atoms with E-state index in [1.165, 1.54) is 0 Å². The number of hydrogen-bond donors (Lipinski definition) is 2. The first-order chi connectivity index (χ1) is 7.66. The van der Waals surface area contributed by atoms with Gasteiger partial charge in [-0.15, -0.1) is 0 Å². The van der Waals surface area contributed by atoms with Crippen molar-refractivity contribution >= 4 is 10.0 Å². The lowest BCUT2D eigenvalue weighted by Gasteiger charge is -2.14. The van der Waals surface area contributed by atoms with Crippen molar-refractivity contribution in [2.75, 3.05) is 25.4 Å². The zero-order valence-electron chi connectivity index (χ0n) is 9.44. The van der Waals surface area contributed by atoms with E-state index < -0.39 is 10.0 Å². The summed E-state index contributed by atoms with van der Waals surface area (Å²) in [7, 11) is -3.14. The van der Waals surface area contributed by atoms with E-state index in [4.69, 9.17) is 4.74 Å². The molecule has 6 heteroatoms. The van der Waals surface area contributed by atoms with Gasteiger partial charge < -0.3 is 10.1 Å². The first-order valence-corrected chi connectivity index (χ1v) is 7.63. The third kappa shape index (κ3) is 3.69. The SMILES string of the molecule is O=S(=O)(CC1CCCN1)NCC1CCCO1. The van der Waals surface area contributed by atoms with Crippen LogP contribution >= 0.6 is 0 Å². The van der Waals surface area contributed by atoms with Crippen LogP contribution in [0.5, 0.6) is 0 Å². The topological polar surface area (TPSA) is 67.4 Å². The summed E-state index contributed by atoms with van der Waals surface area (Å²) in [5, 5.41) is 3.19. The van der Waals surface area contributed by atoms with Crippen molar-refractivity contribution in [1.29, 1.82) is 0 Å². The molecule has 0 spiro atoms. The van der Waals surface area contributed by atoms with Gasteiger partial charge >= 0.3 is 0 Å². The summed E-state index contributed by atoms with van der Waals surface area (Å²) in [5.74, 6) is 0.194. The summed E-state index contributed by atoms with van der Waals surface area (Å²) >= 11 is 0. The zero-order valence-corrected chi connectivity index (χ0v) is 10.3. The Kier molecular flexibility index (Phi) is 4.18.